The third-order valence-corrected chi connectivity index (χ3v) is 4.51. The predicted octanol–water partition coefficient (Wildman–Crippen LogP) is 5.28. The Balaban J connectivity index is 2.19. The van der Waals surface area contributed by atoms with Crippen molar-refractivity contribution in [2.75, 3.05) is 4.90 Å². The van der Waals surface area contributed by atoms with E-state index in [1.807, 2.05) is 6.07 Å². The van der Waals surface area contributed by atoms with Crippen LogP contribution in [0.25, 0.3) is 10.9 Å². The van der Waals surface area contributed by atoms with Crippen molar-refractivity contribution in [3.8, 4) is 0 Å². The minimum absolute atomic E-state index is 0.0979. The molecule has 1 aliphatic heterocycles. The largest absolute Gasteiger partial charge is 0.417 e. The SMILES string of the molecule is CC1CCC(C)N1c1ccc2nc(Cl)cc(C(F)(F)F)c2c1. The van der Waals surface area contributed by atoms with Crippen LogP contribution in [0.5, 0.6) is 0 Å². The molecule has 1 fully saturated rings. The second-order valence-corrected chi connectivity index (χ2v) is 6.26. The number of anilines is 1. The molecule has 0 amide bonds. The molecule has 2 unspecified atom stereocenters. The standard InChI is InChI=1S/C16H16ClF3N2/c1-9-3-4-10(2)22(9)11-5-6-14-12(7-11)13(16(18,19)20)8-15(17)21-14/h5-10H,3-4H2,1-2H3. The number of nitrogens with zero attached hydrogens (tertiary/aromatic N) is 2. The minimum atomic E-state index is -4.45. The average Bonchev–Trinajstić information content (AvgIpc) is 2.76. The zero-order valence-corrected chi connectivity index (χ0v) is 13.0. The molecular formula is C16H16ClF3N2. The Hall–Kier alpha value is -1.49. The van der Waals surface area contributed by atoms with Gasteiger partial charge in [-0.3, -0.25) is 0 Å². The van der Waals surface area contributed by atoms with E-state index in [0.29, 0.717) is 12.1 Å². The highest BCUT2D eigenvalue weighted by Crippen LogP contribution is 2.38. The van der Waals surface area contributed by atoms with Crippen LogP contribution in [0.1, 0.15) is 32.3 Å². The van der Waals surface area contributed by atoms with Crippen molar-refractivity contribution in [1.29, 1.82) is 0 Å². The molecule has 118 valence electrons. The first-order chi connectivity index (χ1) is 10.3. The van der Waals surface area contributed by atoms with Crippen molar-refractivity contribution < 1.29 is 13.2 Å². The number of halogens is 4. The van der Waals surface area contributed by atoms with E-state index in [-0.39, 0.29) is 16.1 Å². The van der Waals surface area contributed by atoms with Crippen LogP contribution >= 0.6 is 11.6 Å². The Kier molecular flexibility index (Phi) is 3.71. The molecule has 0 radical (unpaired) electrons. The molecule has 1 aromatic heterocycles. The summed E-state index contributed by atoms with van der Waals surface area (Å²) >= 11 is 5.72. The average molecular weight is 329 g/mol. The molecule has 0 saturated carbocycles. The zero-order chi connectivity index (χ0) is 16.1. The lowest BCUT2D eigenvalue weighted by atomic mass is 10.1. The molecule has 22 heavy (non-hydrogen) atoms. The van der Waals surface area contributed by atoms with Crippen molar-refractivity contribution in [2.24, 2.45) is 0 Å². The Morgan fingerprint density at radius 1 is 1.14 bits per heavy atom. The topological polar surface area (TPSA) is 16.1 Å². The van der Waals surface area contributed by atoms with E-state index in [1.165, 1.54) is 0 Å². The van der Waals surface area contributed by atoms with Gasteiger partial charge in [-0.05, 0) is 51.0 Å². The molecule has 3 rings (SSSR count). The van der Waals surface area contributed by atoms with Crippen molar-refractivity contribution in [2.45, 2.75) is 44.9 Å². The highest BCUT2D eigenvalue weighted by Gasteiger charge is 2.34. The monoisotopic (exact) mass is 328 g/mol. The molecule has 0 spiro atoms. The van der Waals surface area contributed by atoms with Crippen LogP contribution in [0.4, 0.5) is 18.9 Å². The van der Waals surface area contributed by atoms with Gasteiger partial charge >= 0.3 is 6.18 Å². The Morgan fingerprint density at radius 2 is 1.77 bits per heavy atom. The van der Waals surface area contributed by atoms with E-state index in [9.17, 15) is 13.2 Å². The fraction of sp³-hybridized carbons (Fsp3) is 0.438. The quantitative estimate of drug-likeness (QED) is 0.662. The summed E-state index contributed by atoms with van der Waals surface area (Å²) in [4.78, 5) is 6.18. The van der Waals surface area contributed by atoms with Gasteiger partial charge in [-0.25, -0.2) is 4.98 Å². The summed E-state index contributed by atoms with van der Waals surface area (Å²) in [7, 11) is 0. The van der Waals surface area contributed by atoms with Crippen molar-refractivity contribution in [1.82, 2.24) is 4.98 Å². The van der Waals surface area contributed by atoms with Crippen LogP contribution in [0.3, 0.4) is 0 Å². The smallest absolute Gasteiger partial charge is 0.366 e. The van der Waals surface area contributed by atoms with Crippen LogP contribution in [0.2, 0.25) is 5.15 Å². The van der Waals surface area contributed by atoms with E-state index >= 15 is 0 Å². The second kappa shape index (κ2) is 5.30. The van der Waals surface area contributed by atoms with E-state index in [1.54, 1.807) is 12.1 Å². The van der Waals surface area contributed by atoms with Crippen LogP contribution in [0, 0.1) is 0 Å². The molecule has 2 nitrogen and oxygen atoms in total. The summed E-state index contributed by atoms with van der Waals surface area (Å²) in [5.74, 6) is 0. The lowest BCUT2D eigenvalue weighted by Crippen LogP contribution is -2.32. The highest BCUT2D eigenvalue weighted by atomic mass is 35.5. The first-order valence-electron chi connectivity index (χ1n) is 7.23. The molecule has 1 aromatic carbocycles. The van der Waals surface area contributed by atoms with Crippen LogP contribution in [-0.2, 0) is 6.18 Å². The fourth-order valence-corrected chi connectivity index (χ4v) is 3.48. The van der Waals surface area contributed by atoms with Crippen molar-refractivity contribution >= 4 is 28.2 Å². The Labute approximate surface area is 131 Å². The number of pyridine rings is 1. The maximum atomic E-state index is 13.3. The Morgan fingerprint density at radius 3 is 2.36 bits per heavy atom. The van der Waals surface area contributed by atoms with Crippen molar-refractivity contribution in [3.05, 3.63) is 35.0 Å². The summed E-state index contributed by atoms with van der Waals surface area (Å²) in [5, 5.41) is -0.0452. The highest BCUT2D eigenvalue weighted by molar-refractivity contribution is 6.30. The van der Waals surface area contributed by atoms with Crippen LogP contribution in [0.15, 0.2) is 24.3 Å². The third kappa shape index (κ3) is 2.62. The number of hydrogen-bond acceptors (Lipinski definition) is 2. The van der Waals surface area contributed by atoms with Gasteiger partial charge in [0.2, 0.25) is 0 Å². The van der Waals surface area contributed by atoms with Gasteiger partial charge in [0.05, 0.1) is 11.1 Å². The van der Waals surface area contributed by atoms with E-state index in [2.05, 4.69) is 23.7 Å². The van der Waals surface area contributed by atoms with E-state index in [0.717, 1.165) is 24.6 Å². The number of fused-ring (bicyclic) bond motifs is 1. The summed E-state index contributed by atoms with van der Waals surface area (Å²) in [6, 6.07) is 6.56. The van der Waals surface area contributed by atoms with Crippen LogP contribution < -0.4 is 4.90 Å². The molecule has 6 heteroatoms. The van der Waals surface area contributed by atoms with Gasteiger partial charge in [0, 0.05) is 23.2 Å². The molecule has 0 aliphatic carbocycles. The number of rotatable bonds is 1. The lowest BCUT2D eigenvalue weighted by Gasteiger charge is -2.29. The van der Waals surface area contributed by atoms with E-state index < -0.39 is 11.7 Å². The maximum absolute atomic E-state index is 13.3. The summed E-state index contributed by atoms with van der Waals surface area (Å²) in [6.45, 7) is 4.19. The molecule has 2 aromatic rings. The summed E-state index contributed by atoms with van der Waals surface area (Å²) < 4.78 is 39.8. The molecule has 1 saturated heterocycles. The van der Waals surface area contributed by atoms with Gasteiger partial charge in [0.15, 0.2) is 0 Å². The molecule has 2 heterocycles. The predicted molar refractivity (Wildman–Crippen MR) is 82.4 cm³/mol. The fourth-order valence-electron chi connectivity index (χ4n) is 3.28. The van der Waals surface area contributed by atoms with Gasteiger partial charge in [0.25, 0.3) is 0 Å². The van der Waals surface area contributed by atoms with Gasteiger partial charge in [0.1, 0.15) is 5.15 Å². The molecule has 0 N–H and O–H groups in total. The third-order valence-electron chi connectivity index (χ3n) is 4.32. The molecule has 2 atom stereocenters. The van der Waals surface area contributed by atoms with E-state index in [4.69, 9.17) is 11.6 Å². The van der Waals surface area contributed by atoms with Gasteiger partial charge in [-0.15, -0.1) is 0 Å². The second-order valence-electron chi connectivity index (χ2n) is 5.87. The molecule has 0 bridgehead atoms. The lowest BCUT2D eigenvalue weighted by molar-refractivity contribution is -0.136. The number of aromatic nitrogens is 1. The minimum Gasteiger partial charge on any atom is -0.366 e. The van der Waals surface area contributed by atoms with Gasteiger partial charge < -0.3 is 4.90 Å². The van der Waals surface area contributed by atoms with Crippen molar-refractivity contribution in [3.63, 3.8) is 0 Å². The first-order valence-corrected chi connectivity index (χ1v) is 7.61. The summed E-state index contributed by atoms with van der Waals surface area (Å²) in [6.07, 6.45) is -2.36. The zero-order valence-electron chi connectivity index (χ0n) is 12.3. The first kappa shape index (κ1) is 15.4. The van der Waals surface area contributed by atoms with Gasteiger partial charge in [-0.1, -0.05) is 11.6 Å². The van der Waals surface area contributed by atoms with Crippen LogP contribution in [-0.4, -0.2) is 17.1 Å². The Bertz CT molecular complexity index is 704. The maximum Gasteiger partial charge on any atom is 0.417 e. The normalized spacial score (nSPS) is 22.5. The summed E-state index contributed by atoms with van der Waals surface area (Å²) in [5.41, 5.74) is 0.339. The molecule has 1 aliphatic rings. The number of alkyl halides is 3. The van der Waals surface area contributed by atoms with Gasteiger partial charge in [-0.2, -0.15) is 13.2 Å². The number of benzene rings is 1. The molecular weight excluding hydrogens is 313 g/mol. The number of hydrogen-bond donors (Lipinski definition) is 0.